The third kappa shape index (κ3) is 3.83. The number of phenolic OH excluding ortho intramolecular Hbond substituents is 1. The Kier molecular flexibility index (Phi) is 5.60. The van der Waals surface area contributed by atoms with Gasteiger partial charge in [0.15, 0.2) is 0 Å². The van der Waals surface area contributed by atoms with Crippen LogP contribution in [0.1, 0.15) is 29.2 Å². The minimum atomic E-state index is -0.558. The molecule has 30 heavy (non-hydrogen) atoms. The highest BCUT2D eigenvalue weighted by molar-refractivity contribution is 6.32. The molecule has 0 bridgehead atoms. The predicted octanol–water partition coefficient (Wildman–Crippen LogP) is 5.03. The Bertz CT molecular complexity index is 1120. The molecule has 0 aromatic heterocycles. The lowest BCUT2D eigenvalue weighted by Crippen LogP contribution is -2.36. The number of carbonyl (C=O) groups is 1. The number of aromatic hydroxyl groups is 1. The zero-order valence-electron chi connectivity index (χ0n) is 17.0. The van der Waals surface area contributed by atoms with E-state index < -0.39 is 6.04 Å². The number of benzodiazepines with no additional fused rings is 1. The summed E-state index contributed by atoms with van der Waals surface area (Å²) in [5, 5.41) is 10.3. The van der Waals surface area contributed by atoms with E-state index in [0.29, 0.717) is 17.2 Å². The summed E-state index contributed by atoms with van der Waals surface area (Å²) in [6, 6.07) is 20.0. The number of rotatable bonds is 4. The molecule has 1 aliphatic rings. The number of benzene rings is 3. The first-order valence-electron chi connectivity index (χ1n) is 9.99. The van der Waals surface area contributed by atoms with Crippen LogP contribution < -0.4 is 4.90 Å². The van der Waals surface area contributed by atoms with Gasteiger partial charge in [0.1, 0.15) is 11.8 Å². The molecule has 1 N–H and O–H groups in total. The molecule has 1 aliphatic heterocycles. The molecule has 0 radical (unpaired) electrons. The molecule has 1 unspecified atom stereocenters. The summed E-state index contributed by atoms with van der Waals surface area (Å²) in [5.74, 6) is 0.124. The first kappa shape index (κ1) is 20.2. The SMILES string of the molecule is CCc1ccccc1CC1N=C(c2ccc(O)cc2)c2cc(Cl)ccc2N(C)C1=O. The van der Waals surface area contributed by atoms with E-state index in [-0.39, 0.29) is 11.7 Å². The fraction of sp³-hybridized carbons (Fsp3) is 0.200. The lowest BCUT2D eigenvalue weighted by molar-refractivity contribution is -0.119. The summed E-state index contributed by atoms with van der Waals surface area (Å²) in [6.07, 6.45) is 1.42. The van der Waals surface area contributed by atoms with Crippen molar-refractivity contribution in [2.24, 2.45) is 4.99 Å². The second-order valence-electron chi connectivity index (χ2n) is 7.43. The molecule has 1 heterocycles. The van der Waals surface area contributed by atoms with Crippen molar-refractivity contribution in [3.63, 3.8) is 0 Å². The number of hydrogen-bond acceptors (Lipinski definition) is 3. The highest BCUT2D eigenvalue weighted by atomic mass is 35.5. The van der Waals surface area contributed by atoms with Crippen molar-refractivity contribution in [1.29, 1.82) is 0 Å². The van der Waals surface area contributed by atoms with Gasteiger partial charge in [-0.1, -0.05) is 42.8 Å². The van der Waals surface area contributed by atoms with Crippen molar-refractivity contribution in [3.05, 3.63) is 94.0 Å². The van der Waals surface area contributed by atoms with Crippen molar-refractivity contribution in [2.75, 3.05) is 11.9 Å². The van der Waals surface area contributed by atoms with Gasteiger partial charge in [-0.15, -0.1) is 0 Å². The Morgan fingerprint density at radius 1 is 1.03 bits per heavy atom. The molecule has 1 amide bonds. The number of aliphatic imine (C=N–C) groups is 1. The molecule has 3 aromatic rings. The molecule has 1 atom stereocenters. The summed E-state index contributed by atoms with van der Waals surface area (Å²) in [6.45, 7) is 2.11. The summed E-state index contributed by atoms with van der Waals surface area (Å²) in [7, 11) is 1.78. The van der Waals surface area contributed by atoms with Crippen molar-refractivity contribution in [1.82, 2.24) is 0 Å². The Morgan fingerprint density at radius 3 is 2.43 bits per heavy atom. The van der Waals surface area contributed by atoms with Crippen LogP contribution in [0.25, 0.3) is 0 Å². The average Bonchev–Trinajstić information content (AvgIpc) is 2.85. The third-order valence-electron chi connectivity index (χ3n) is 5.53. The van der Waals surface area contributed by atoms with Gasteiger partial charge in [-0.25, -0.2) is 0 Å². The lowest BCUT2D eigenvalue weighted by atomic mass is 9.98. The van der Waals surface area contributed by atoms with E-state index in [4.69, 9.17) is 16.6 Å². The lowest BCUT2D eigenvalue weighted by Gasteiger charge is -2.21. The number of aryl methyl sites for hydroxylation is 1. The first-order valence-corrected chi connectivity index (χ1v) is 10.4. The predicted molar refractivity (Wildman–Crippen MR) is 122 cm³/mol. The second-order valence-corrected chi connectivity index (χ2v) is 7.86. The van der Waals surface area contributed by atoms with E-state index in [1.54, 1.807) is 30.1 Å². The number of phenols is 1. The van der Waals surface area contributed by atoms with Crippen LogP contribution in [-0.2, 0) is 17.6 Å². The number of fused-ring (bicyclic) bond motifs is 1. The van der Waals surface area contributed by atoms with Gasteiger partial charge in [0, 0.05) is 29.6 Å². The molecule has 0 aliphatic carbocycles. The van der Waals surface area contributed by atoms with E-state index in [1.807, 2.05) is 36.4 Å². The summed E-state index contributed by atoms with van der Waals surface area (Å²) >= 11 is 6.30. The van der Waals surface area contributed by atoms with Crippen LogP contribution in [0.5, 0.6) is 5.75 Å². The van der Waals surface area contributed by atoms with E-state index in [1.165, 1.54) is 5.56 Å². The van der Waals surface area contributed by atoms with Crippen LogP contribution in [0, 0.1) is 0 Å². The number of nitrogens with zero attached hydrogens (tertiary/aromatic N) is 2. The van der Waals surface area contributed by atoms with Crippen LogP contribution in [0.2, 0.25) is 5.02 Å². The van der Waals surface area contributed by atoms with Crippen LogP contribution >= 0.6 is 11.6 Å². The average molecular weight is 419 g/mol. The summed E-state index contributed by atoms with van der Waals surface area (Å²) < 4.78 is 0. The highest BCUT2D eigenvalue weighted by Gasteiger charge is 2.30. The number of halogens is 1. The van der Waals surface area contributed by atoms with Gasteiger partial charge in [0.2, 0.25) is 0 Å². The van der Waals surface area contributed by atoms with Crippen molar-refractivity contribution >= 4 is 28.9 Å². The van der Waals surface area contributed by atoms with Crippen LogP contribution in [0.4, 0.5) is 5.69 Å². The normalized spacial score (nSPS) is 16.1. The van der Waals surface area contributed by atoms with Gasteiger partial charge in [0.25, 0.3) is 5.91 Å². The molecule has 0 saturated carbocycles. The van der Waals surface area contributed by atoms with E-state index in [0.717, 1.165) is 28.8 Å². The summed E-state index contributed by atoms with van der Waals surface area (Å²) in [5.41, 5.74) is 5.44. The number of hydrogen-bond donors (Lipinski definition) is 1. The van der Waals surface area contributed by atoms with Gasteiger partial charge in [0.05, 0.1) is 11.4 Å². The minimum absolute atomic E-state index is 0.0572. The third-order valence-corrected chi connectivity index (χ3v) is 5.76. The molecule has 3 aromatic carbocycles. The number of anilines is 1. The van der Waals surface area contributed by atoms with Crippen LogP contribution in [0.3, 0.4) is 0 Å². The van der Waals surface area contributed by atoms with Gasteiger partial charge in [-0.05, 0) is 60.0 Å². The van der Waals surface area contributed by atoms with Crippen LogP contribution in [-0.4, -0.2) is 29.8 Å². The maximum Gasteiger partial charge on any atom is 0.251 e. The zero-order valence-corrected chi connectivity index (χ0v) is 17.7. The standard InChI is InChI=1S/C25H23ClN2O2/c1-3-16-6-4-5-7-18(16)14-22-25(30)28(2)23-13-10-19(26)15-21(23)24(27-22)17-8-11-20(29)12-9-17/h4-13,15,22,29H,3,14H2,1-2H3. The number of carbonyl (C=O) groups excluding carboxylic acids is 1. The monoisotopic (exact) mass is 418 g/mol. The molecule has 4 rings (SSSR count). The van der Waals surface area contributed by atoms with Gasteiger partial charge in [-0.3, -0.25) is 9.79 Å². The molecular weight excluding hydrogens is 396 g/mol. The maximum atomic E-state index is 13.4. The molecule has 0 fully saturated rings. The zero-order chi connectivity index (χ0) is 21.3. The Balaban J connectivity index is 1.87. The van der Waals surface area contributed by atoms with Crippen LogP contribution in [0.15, 0.2) is 71.7 Å². The molecule has 0 saturated heterocycles. The Morgan fingerprint density at radius 2 is 1.73 bits per heavy atom. The van der Waals surface area contributed by atoms with Crippen molar-refractivity contribution < 1.29 is 9.90 Å². The van der Waals surface area contributed by atoms with Crippen molar-refractivity contribution in [2.45, 2.75) is 25.8 Å². The molecule has 4 nitrogen and oxygen atoms in total. The van der Waals surface area contributed by atoms with E-state index >= 15 is 0 Å². The smallest absolute Gasteiger partial charge is 0.251 e. The van der Waals surface area contributed by atoms with Gasteiger partial charge >= 0.3 is 0 Å². The molecular formula is C25H23ClN2O2. The number of likely N-dealkylation sites (N-methyl/N-ethyl adjacent to an activating group) is 1. The Labute approximate surface area is 181 Å². The quantitative estimate of drug-likeness (QED) is 0.645. The molecule has 0 spiro atoms. The topological polar surface area (TPSA) is 52.9 Å². The minimum Gasteiger partial charge on any atom is -0.508 e. The fourth-order valence-electron chi connectivity index (χ4n) is 3.91. The second kappa shape index (κ2) is 8.33. The Hall–Kier alpha value is -3.11. The molecule has 152 valence electrons. The van der Waals surface area contributed by atoms with Gasteiger partial charge < -0.3 is 10.0 Å². The van der Waals surface area contributed by atoms with E-state index in [2.05, 4.69) is 19.1 Å². The largest absolute Gasteiger partial charge is 0.508 e. The van der Waals surface area contributed by atoms with Gasteiger partial charge in [-0.2, -0.15) is 0 Å². The van der Waals surface area contributed by atoms with E-state index in [9.17, 15) is 9.90 Å². The molecule has 5 heteroatoms. The maximum absolute atomic E-state index is 13.4. The summed E-state index contributed by atoms with van der Waals surface area (Å²) in [4.78, 5) is 20.0. The fourth-order valence-corrected chi connectivity index (χ4v) is 4.08. The number of amides is 1. The van der Waals surface area contributed by atoms with Crippen molar-refractivity contribution in [3.8, 4) is 5.75 Å². The first-order chi connectivity index (χ1) is 14.5. The highest BCUT2D eigenvalue weighted by Crippen LogP contribution is 2.31.